The number of phenolic OH excluding ortho intramolecular Hbond substituents is 1. The van der Waals surface area contributed by atoms with E-state index >= 15 is 0 Å². The lowest BCUT2D eigenvalue weighted by atomic mass is 10.1. The number of hydrogen-bond donors (Lipinski definition) is 4. The summed E-state index contributed by atoms with van der Waals surface area (Å²) in [4.78, 5) is 35.9. The number of rotatable bonds is 9. The van der Waals surface area contributed by atoms with E-state index in [0.29, 0.717) is 5.56 Å². The van der Waals surface area contributed by atoms with E-state index in [1.54, 1.807) is 19.1 Å². The van der Waals surface area contributed by atoms with Crippen molar-refractivity contribution < 1.29 is 24.2 Å². The molecule has 2 atom stereocenters. The van der Waals surface area contributed by atoms with Crippen LogP contribution in [0.5, 0.6) is 5.75 Å². The van der Waals surface area contributed by atoms with Crippen molar-refractivity contribution in [3.8, 4) is 5.75 Å². The van der Waals surface area contributed by atoms with Gasteiger partial charge in [-0.25, -0.2) is 4.79 Å². The Kier molecular flexibility index (Phi) is 8.02. The van der Waals surface area contributed by atoms with Crippen LogP contribution in [0.1, 0.15) is 36.9 Å². The van der Waals surface area contributed by atoms with Crippen LogP contribution in [0.15, 0.2) is 54.6 Å². The molecular formula is C21H25N3O5. The summed E-state index contributed by atoms with van der Waals surface area (Å²) in [6.45, 7) is 1.79. The summed E-state index contributed by atoms with van der Waals surface area (Å²) in [6, 6.07) is 14.2. The fourth-order valence-electron chi connectivity index (χ4n) is 2.65. The first-order valence-electron chi connectivity index (χ1n) is 9.20. The lowest BCUT2D eigenvalue weighted by Gasteiger charge is -2.21. The molecule has 2 rings (SSSR count). The van der Waals surface area contributed by atoms with Gasteiger partial charge in [0.1, 0.15) is 18.4 Å². The Balaban J connectivity index is 1.97. The molecular weight excluding hydrogens is 374 g/mol. The minimum Gasteiger partial charge on any atom is -0.508 e. The Labute approximate surface area is 169 Å². The second-order valence-corrected chi connectivity index (χ2v) is 6.59. The Bertz CT molecular complexity index is 841. The maximum Gasteiger partial charge on any atom is 0.408 e. The summed E-state index contributed by atoms with van der Waals surface area (Å²) in [5, 5.41) is 14.8. The first kappa shape index (κ1) is 21.7. The zero-order valence-corrected chi connectivity index (χ0v) is 16.1. The van der Waals surface area contributed by atoms with E-state index in [9.17, 15) is 19.5 Å². The highest BCUT2D eigenvalue weighted by Gasteiger charge is 2.24. The van der Waals surface area contributed by atoms with Crippen molar-refractivity contribution in [2.75, 3.05) is 0 Å². The maximum absolute atomic E-state index is 12.6. The molecule has 3 amide bonds. The number of ether oxygens (including phenoxy) is 1. The average molecular weight is 399 g/mol. The van der Waals surface area contributed by atoms with Gasteiger partial charge in [-0.3, -0.25) is 9.59 Å². The van der Waals surface area contributed by atoms with Crippen molar-refractivity contribution in [2.24, 2.45) is 5.73 Å². The molecule has 2 aromatic rings. The Hall–Kier alpha value is -3.55. The van der Waals surface area contributed by atoms with Crippen molar-refractivity contribution in [1.82, 2.24) is 10.6 Å². The Morgan fingerprint density at radius 2 is 1.79 bits per heavy atom. The Morgan fingerprint density at radius 1 is 1.07 bits per heavy atom. The van der Waals surface area contributed by atoms with E-state index < -0.39 is 30.0 Å². The third kappa shape index (κ3) is 7.53. The van der Waals surface area contributed by atoms with Gasteiger partial charge in [0, 0.05) is 6.42 Å². The third-order valence-corrected chi connectivity index (χ3v) is 4.23. The summed E-state index contributed by atoms with van der Waals surface area (Å²) >= 11 is 0. The van der Waals surface area contributed by atoms with Gasteiger partial charge in [-0.1, -0.05) is 42.5 Å². The van der Waals surface area contributed by atoms with Crippen LogP contribution in [-0.4, -0.2) is 29.1 Å². The highest BCUT2D eigenvalue weighted by molar-refractivity contribution is 5.86. The monoisotopic (exact) mass is 399 g/mol. The van der Waals surface area contributed by atoms with E-state index in [0.717, 1.165) is 5.56 Å². The highest BCUT2D eigenvalue weighted by atomic mass is 16.5. The number of primary amides is 1. The number of hydrogen-bond acceptors (Lipinski definition) is 5. The average Bonchev–Trinajstić information content (AvgIpc) is 2.70. The molecule has 0 fully saturated rings. The number of amides is 3. The highest BCUT2D eigenvalue weighted by Crippen LogP contribution is 2.18. The van der Waals surface area contributed by atoms with Crippen molar-refractivity contribution in [1.29, 1.82) is 0 Å². The molecule has 0 saturated heterocycles. The summed E-state index contributed by atoms with van der Waals surface area (Å²) in [5.41, 5.74) is 6.67. The van der Waals surface area contributed by atoms with Gasteiger partial charge in [-0.15, -0.1) is 0 Å². The topological polar surface area (TPSA) is 131 Å². The largest absolute Gasteiger partial charge is 0.508 e. The number of alkyl carbamates (subject to hydrolysis) is 1. The van der Waals surface area contributed by atoms with Gasteiger partial charge >= 0.3 is 6.09 Å². The number of nitrogens with two attached hydrogens (primary N) is 1. The maximum atomic E-state index is 12.6. The number of benzene rings is 2. The van der Waals surface area contributed by atoms with Crippen LogP contribution in [-0.2, 0) is 20.9 Å². The summed E-state index contributed by atoms with van der Waals surface area (Å²) in [6.07, 6.45) is -0.810. The minimum atomic E-state index is -0.995. The van der Waals surface area contributed by atoms with E-state index in [4.69, 9.17) is 10.5 Å². The molecule has 2 aromatic carbocycles. The van der Waals surface area contributed by atoms with Crippen LogP contribution in [0.3, 0.4) is 0 Å². The van der Waals surface area contributed by atoms with E-state index in [1.165, 1.54) is 12.1 Å². The first-order chi connectivity index (χ1) is 13.8. The van der Waals surface area contributed by atoms with Crippen molar-refractivity contribution in [2.45, 2.75) is 38.5 Å². The van der Waals surface area contributed by atoms with Crippen molar-refractivity contribution in [3.05, 3.63) is 65.7 Å². The van der Waals surface area contributed by atoms with Gasteiger partial charge in [0.15, 0.2) is 0 Å². The van der Waals surface area contributed by atoms with E-state index in [-0.39, 0.29) is 25.2 Å². The third-order valence-electron chi connectivity index (χ3n) is 4.23. The first-order valence-corrected chi connectivity index (χ1v) is 9.20. The van der Waals surface area contributed by atoms with Crippen LogP contribution in [0.25, 0.3) is 0 Å². The number of carbonyl (C=O) groups excluding carboxylic acids is 3. The molecule has 0 radical (unpaired) electrons. The number of phenols is 1. The predicted molar refractivity (Wildman–Crippen MR) is 107 cm³/mol. The molecule has 29 heavy (non-hydrogen) atoms. The molecule has 0 aliphatic rings. The molecule has 8 heteroatoms. The molecule has 0 heterocycles. The predicted octanol–water partition coefficient (Wildman–Crippen LogP) is 2.13. The van der Waals surface area contributed by atoms with Crippen LogP contribution in [0, 0.1) is 0 Å². The van der Waals surface area contributed by atoms with Crippen molar-refractivity contribution >= 4 is 17.9 Å². The lowest BCUT2D eigenvalue weighted by Crippen LogP contribution is -2.47. The number of nitrogens with one attached hydrogen (secondary N) is 2. The summed E-state index contributed by atoms with van der Waals surface area (Å²) in [7, 11) is 0. The number of carbonyl (C=O) groups is 3. The van der Waals surface area contributed by atoms with E-state index in [1.807, 2.05) is 30.3 Å². The fraction of sp³-hybridized carbons (Fsp3) is 0.286. The molecule has 0 spiro atoms. The van der Waals surface area contributed by atoms with Gasteiger partial charge < -0.3 is 26.2 Å². The van der Waals surface area contributed by atoms with Gasteiger partial charge in [0.2, 0.25) is 11.8 Å². The standard InChI is InChI=1S/C21H25N3O5/c1-14(16-8-5-9-17(25)12-16)23-20(27)18(10-11-19(22)26)24-21(28)29-13-15-6-3-2-4-7-15/h2-9,12,14,18,25H,10-11,13H2,1H3,(H2,22,26)(H,23,27)(H,24,28). The molecule has 0 saturated carbocycles. The molecule has 154 valence electrons. The van der Waals surface area contributed by atoms with Crippen molar-refractivity contribution in [3.63, 3.8) is 0 Å². The van der Waals surface area contributed by atoms with Gasteiger partial charge in [0.05, 0.1) is 6.04 Å². The Morgan fingerprint density at radius 3 is 2.45 bits per heavy atom. The van der Waals surface area contributed by atoms with Crippen LogP contribution in [0.4, 0.5) is 4.79 Å². The van der Waals surface area contributed by atoms with Gasteiger partial charge in [-0.2, -0.15) is 0 Å². The lowest BCUT2D eigenvalue weighted by molar-refractivity contribution is -0.124. The van der Waals surface area contributed by atoms with Crippen LogP contribution >= 0.6 is 0 Å². The molecule has 5 N–H and O–H groups in total. The van der Waals surface area contributed by atoms with E-state index in [2.05, 4.69) is 10.6 Å². The van der Waals surface area contributed by atoms with Gasteiger partial charge in [-0.05, 0) is 36.6 Å². The van der Waals surface area contributed by atoms with Gasteiger partial charge in [0.25, 0.3) is 0 Å². The minimum absolute atomic E-state index is 0.0361. The molecule has 0 bridgehead atoms. The molecule has 8 nitrogen and oxygen atoms in total. The molecule has 0 aromatic heterocycles. The number of aromatic hydroxyl groups is 1. The molecule has 0 aliphatic heterocycles. The summed E-state index contributed by atoms with van der Waals surface area (Å²) < 4.78 is 5.14. The molecule has 0 aliphatic carbocycles. The second-order valence-electron chi connectivity index (χ2n) is 6.59. The van der Waals surface area contributed by atoms with Crippen LogP contribution < -0.4 is 16.4 Å². The second kappa shape index (κ2) is 10.7. The quantitative estimate of drug-likeness (QED) is 0.513. The zero-order chi connectivity index (χ0) is 21.2. The zero-order valence-electron chi connectivity index (χ0n) is 16.1. The fourth-order valence-corrected chi connectivity index (χ4v) is 2.65. The van der Waals surface area contributed by atoms with Crippen LogP contribution in [0.2, 0.25) is 0 Å². The summed E-state index contributed by atoms with van der Waals surface area (Å²) in [5.74, 6) is -0.987. The normalized spacial score (nSPS) is 12.4. The smallest absolute Gasteiger partial charge is 0.408 e. The molecule has 2 unspecified atom stereocenters. The SMILES string of the molecule is CC(NC(=O)C(CCC(N)=O)NC(=O)OCc1ccccc1)c1cccc(O)c1.